The van der Waals surface area contributed by atoms with Crippen LogP contribution in [-0.2, 0) is 28.6 Å². The number of ether oxygens (including phenoxy) is 3. The molecular formula is C77H128O6. The number of hydrogen-bond acceptors (Lipinski definition) is 6. The quantitative estimate of drug-likeness (QED) is 0.0261. The summed E-state index contributed by atoms with van der Waals surface area (Å²) in [6.45, 7) is 6.40. The monoisotopic (exact) mass is 1150 g/mol. The third kappa shape index (κ3) is 68.2. The highest BCUT2D eigenvalue weighted by molar-refractivity contribution is 5.71. The Morgan fingerprint density at radius 1 is 0.253 bits per heavy atom. The molecule has 0 aromatic carbocycles. The molecule has 0 amide bonds. The van der Waals surface area contributed by atoms with Gasteiger partial charge in [0.25, 0.3) is 0 Å². The Morgan fingerprint density at radius 2 is 0.470 bits per heavy atom. The fourth-order valence-corrected chi connectivity index (χ4v) is 9.49. The topological polar surface area (TPSA) is 78.9 Å². The molecule has 0 fully saturated rings. The highest BCUT2D eigenvalue weighted by Gasteiger charge is 2.19. The van der Waals surface area contributed by atoms with Crippen LogP contribution < -0.4 is 0 Å². The maximum absolute atomic E-state index is 13.0. The van der Waals surface area contributed by atoms with Crippen molar-refractivity contribution in [2.45, 2.75) is 322 Å². The van der Waals surface area contributed by atoms with Gasteiger partial charge in [0.15, 0.2) is 6.10 Å². The van der Waals surface area contributed by atoms with Crippen LogP contribution in [-0.4, -0.2) is 37.2 Å². The molecule has 6 nitrogen and oxygen atoms in total. The van der Waals surface area contributed by atoms with Gasteiger partial charge in [-0.3, -0.25) is 14.4 Å². The Hall–Kier alpha value is -4.45. The molecule has 0 saturated carbocycles. The van der Waals surface area contributed by atoms with Gasteiger partial charge in [-0.05, 0) is 135 Å². The second kappa shape index (κ2) is 70.0. The Bertz CT molecular complexity index is 1750. The van der Waals surface area contributed by atoms with Crippen molar-refractivity contribution in [3.8, 4) is 0 Å². The molecule has 0 aromatic rings. The van der Waals surface area contributed by atoms with E-state index in [-0.39, 0.29) is 31.1 Å². The lowest BCUT2D eigenvalue weighted by Crippen LogP contribution is -2.30. The molecule has 0 bridgehead atoms. The Labute approximate surface area is 513 Å². The second-order valence-corrected chi connectivity index (χ2v) is 22.7. The lowest BCUT2D eigenvalue weighted by Gasteiger charge is -2.18. The van der Waals surface area contributed by atoms with Gasteiger partial charge < -0.3 is 14.2 Å². The van der Waals surface area contributed by atoms with Crippen LogP contribution in [0.25, 0.3) is 0 Å². The fraction of sp³-hybridized carbons (Fsp3) is 0.675. The van der Waals surface area contributed by atoms with E-state index in [2.05, 4.69) is 154 Å². The average molecular weight is 1150 g/mol. The molecule has 0 saturated heterocycles. The van der Waals surface area contributed by atoms with Crippen LogP contribution in [0.1, 0.15) is 316 Å². The second-order valence-electron chi connectivity index (χ2n) is 22.7. The molecule has 0 heterocycles. The number of unbranched alkanes of at least 4 members (excludes halogenated alkanes) is 29. The summed E-state index contributed by atoms with van der Waals surface area (Å²) < 4.78 is 17.0. The lowest BCUT2D eigenvalue weighted by molar-refractivity contribution is -0.167. The zero-order valence-electron chi connectivity index (χ0n) is 54.2. The highest BCUT2D eigenvalue weighted by atomic mass is 16.6. The van der Waals surface area contributed by atoms with E-state index in [4.69, 9.17) is 14.2 Å². The minimum atomic E-state index is -0.794. The van der Waals surface area contributed by atoms with Gasteiger partial charge in [-0.25, -0.2) is 0 Å². The van der Waals surface area contributed by atoms with Crippen molar-refractivity contribution in [3.05, 3.63) is 134 Å². The molecule has 0 rings (SSSR count). The molecule has 0 spiro atoms. The van der Waals surface area contributed by atoms with Gasteiger partial charge in [0.2, 0.25) is 0 Å². The molecule has 0 aromatic heterocycles. The summed E-state index contributed by atoms with van der Waals surface area (Å²) in [5.74, 6) is -0.897. The molecule has 0 aliphatic rings. The van der Waals surface area contributed by atoms with E-state index in [1.807, 2.05) is 0 Å². The fourth-order valence-electron chi connectivity index (χ4n) is 9.49. The van der Waals surface area contributed by atoms with Crippen LogP contribution in [0.2, 0.25) is 0 Å². The smallest absolute Gasteiger partial charge is 0.306 e. The Balaban J connectivity index is 4.42. The number of esters is 3. The van der Waals surface area contributed by atoms with Crippen LogP contribution in [0.5, 0.6) is 0 Å². The molecule has 0 radical (unpaired) electrons. The molecule has 0 N–H and O–H groups in total. The molecule has 83 heavy (non-hydrogen) atoms. The number of carbonyl (C=O) groups excluding carboxylic acids is 3. The van der Waals surface area contributed by atoms with Crippen molar-refractivity contribution >= 4 is 17.9 Å². The summed E-state index contributed by atoms with van der Waals surface area (Å²) in [6, 6.07) is 0. The molecular weight excluding hydrogens is 1020 g/mol. The van der Waals surface area contributed by atoms with Gasteiger partial charge in [-0.2, -0.15) is 0 Å². The van der Waals surface area contributed by atoms with E-state index in [0.717, 1.165) is 135 Å². The average Bonchev–Trinajstić information content (AvgIpc) is 3.50. The van der Waals surface area contributed by atoms with Gasteiger partial charge in [-0.1, -0.05) is 296 Å². The molecule has 0 aliphatic carbocycles. The van der Waals surface area contributed by atoms with Crippen LogP contribution in [0.4, 0.5) is 0 Å². The largest absolute Gasteiger partial charge is 0.462 e. The first-order chi connectivity index (χ1) is 41.0. The van der Waals surface area contributed by atoms with Crippen molar-refractivity contribution in [3.63, 3.8) is 0 Å². The molecule has 1 atom stereocenters. The van der Waals surface area contributed by atoms with E-state index < -0.39 is 6.10 Å². The number of hydrogen-bond donors (Lipinski definition) is 0. The molecule has 1 unspecified atom stereocenters. The van der Waals surface area contributed by atoms with Crippen molar-refractivity contribution in [2.75, 3.05) is 13.2 Å². The maximum atomic E-state index is 13.0. The SMILES string of the molecule is CC/C=C\C/C=C\C/C=C\C/C=C\C/C=C\CCCCCCCCCCCC(=O)OCC(COC(=O)CCCCCCCCCCC/C=C\C/C=C\CCCCC)OC(=O)CCCCCCCCCC/C=C\C/C=C\C/C=C\C/C=C\CC. The highest BCUT2D eigenvalue weighted by Crippen LogP contribution is 2.16. The van der Waals surface area contributed by atoms with Crippen LogP contribution in [0.15, 0.2) is 134 Å². The minimum Gasteiger partial charge on any atom is -0.462 e. The summed E-state index contributed by atoms with van der Waals surface area (Å²) in [7, 11) is 0. The molecule has 0 aliphatic heterocycles. The molecule has 472 valence electrons. The first kappa shape index (κ1) is 78.5. The van der Waals surface area contributed by atoms with E-state index >= 15 is 0 Å². The Morgan fingerprint density at radius 3 is 0.735 bits per heavy atom. The van der Waals surface area contributed by atoms with Crippen molar-refractivity contribution in [1.29, 1.82) is 0 Å². The third-order valence-corrected chi connectivity index (χ3v) is 14.6. The Kier molecular flexibility index (Phi) is 66.3. The summed E-state index contributed by atoms with van der Waals surface area (Å²) in [5, 5.41) is 0. The summed E-state index contributed by atoms with van der Waals surface area (Å²) >= 11 is 0. The molecule has 6 heteroatoms. The van der Waals surface area contributed by atoms with Crippen LogP contribution in [0, 0.1) is 0 Å². The summed E-state index contributed by atoms with van der Waals surface area (Å²) in [5.41, 5.74) is 0. The first-order valence-electron chi connectivity index (χ1n) is 34.7. The van der Waals surface area contributed by atoms with Gasteiger partial charge in [0.05, 0.1) is 0 Å². The predicted octanol–water partition coefficient (Wildman–Crippen LogP) is 24.1. The van der Waals surface area contributed by atoms with Gasteiger partial charge >= 0.3 is 17.9 Å². The summed E-state index contributed by atoms with van der Waals surface area (Å²) in [4.78, 5) is 38.5. The van der Waals surface area contributed by atoms with Crippen LogP contribution >= 0.6 is 0 Å². The van der Waals surface area contributed by atoms with Gasteiger partial charge in [0, 0.05) is 19.3 Å². The van der Waals surface area contributed by atoms with Crippen molar-refractivity contribution in [2.24, 2.45) is 0 Å². The zero-order valence-corrected chi connectivity index (χ0v) is 54.2. The standard InChI is InChI=1S/C77H128O6/c1-4-7-10-13-16-19-22-25-28-31-34-36-37-38-39-41-43-46-49-52-55-58-61-64-67-70-76(79)82-73-74(72-81-75(78)69-66-63-60-57-54-51-48-45-42-33-30-27-24-21-18-15-12-9-6-3)83-77(80)71-68-65-62-59-56-53-50-47-44-40-35-32-29-26-23-20-17-14-11-8-5-2/h7-8,10-11,16-21,25-30,34-36,38-40,74H,4-6,9,12-15,22-24,31-33,37,41-73H2,1-3H3/b10-7-,11-8-,19-16-,20-17-,21-18-,28-25-,29-26-,30-27-,36-34-,39-38-,40-35-. The number of rotatable bonds is 62. The summed E-state index contributed by atoms with van der Waals surface area (Å²) in [6.07, 6.45) is 98.8. The van der Waals surface area contributed by atoms with Gasteiger partial charge in [0.1, 0.15) is 13.2 Å². The van der Waals surface area contributed by atoms with E-state index in [0.29, 0.717) is 19.3 Å². The number of carbonyl (C=O) groups is 3. The van der Waals surface area contributed by atoms with E-state index in [1.54, 1.807) is 0 Å². The van der Waals surface area contributed by atoms with Crippen molar-refractivity contribution in [1.82, 2.24) is 0 Å². The third-order valence-electron chi connectivity index (χ3n) is 14.6. The zero-order chi connectivity index (χ0) is 59.9. The first-order valence-corrected chi connectivity index (χ1v) is 34.7. The van der Waals surface area contributed by atoms with Crippen molar-refractivity contribution < 1.29 is 28.6 Å². The predicted molar refractivity (Wildman–Crippen MR) is 362 cm³/mol. The maximum Gasteiger partial charge on any atom is 0.306 e. The van der Waals surface area contributed by atoms with E-state index in [1.165, 1.54) is 141 Å². The van der Waals surface area contributed by atoms with E-state index in [9.17, 15) is 14.4 Å². The number of allylic oxidation sites excluding steroid dienone is 22. The normalized spacial score (nSPS) is 13.0. The van der Waals surface area contributed by atoms with Gasteiger partial charge in [-0.15, -0.1) is 0 Å². The van der Waals surface area contributed by atoms with Crippen LogP contribution in [0.3, 0.4) is 0 Å². The lowest BCUT2D eigenvalue weighted by atomic mass is 10.1. The minimum absolute atomic E-state index is 0.0878.